The van der Waals surface area contributed by atoms with E-state index in [1.165, 1.54) is 23.5 Å². The van der Waals surface area contributed by atoms with E-state index in [0.29, 0.717) is 16.3 Å². The van der Waals surface area contributed by atoms with Crippen LogP contribution in [-0.2, 0) is 0 Å². The van der Waals surface area contributed by atoms with Gasteiger partial charge in [-0.15, -0.1) is 11.3 Å². The van der Waals surface area contributed by atoms with E-state index in [-0.39, 0.29) is 11.5 Å². The van der Waals surface area contributed by atoms with E-state index in [1.807, 2.05) is 24.3 Å². The summed E-state index contributed by atoms with van der Waals surface area (Å²) in [5.41, 5.74) is 1.78. The summed E-state index contributed by atoms with van der Waals surface area (Å²) >= 11 is 1.29. The van der Waals surface area contributed by atoms with Crippen LogP contribution in [0, 0.1) is 0 Å². The largest absolute Gasteiger partial charge is 0.320 e. The molecule has 1 aliphatic heterocycles. The van der Waals surface area contributed by atoms with Gasteiger partial charge in [-0.25, -0.2) is 4.98 Å². The Kier molecular flexibility index (Phi) is 2.95. The molecule has 0 aliphatic carbocycles. The molecule has 6 nitrogen and oxygen atoms in total. The monoisotopic (exact) mass is 323 g/mol. The molecule has 2 heterocycles. The van der Waals surface area contributed by atoms with Gasteiger partial charge in [-0.05, 0) is 30.3 Å². The van der Waals surface area contributed by atoms with Crippen LogP contribution in [0.25, 0.3) is 10.2 Å². The minimum Gasteiger partial charge on any atom is -0.320 e. The van der Waals surface area contributed by atoms with Crippen molar-refractivity contribution in [1.29, 1.82) is 0 Å². The molecule has 112 valence electrons. The van der Waals surface area contributed by atoms with Gasteiger partial charge in [0.1, 0.15) is 0 Å². The first kappa shape index (κ1) is 13.6. The van der Waals surface area contributed by atoms with Gasteiger partial charge in [0.15, 0.2) is 5.01 Å². The Morgan fingerprint density at radius 2 is 1.83 bits per heavy atom. The summed E-state index contributed by atoms with van der Waals surface area (Å²) in [4.78, 5) is 39.7. The molecule has 1 aromatic heterocycles. The number of carbonyl (C=O) groups is 3. The fourth-order valence-corrected chi connectivity index (χ4v) is 3.26. The molecule has 2 N–H and O–H groups in total. The molecule has 23 heavy (non-hydrogen) atoms. The van der Waals surface area contributed by atoms with Crippen LogP contribution in [0.3, 0.4) is 0 Å². The van der Waals surface area contributed by atoms with Crippen molar-refractivity contribution in [2.75, 3.05) is 5.32 Å². The molecule has 0 fully saturated rings. The maximum absolute atomic E-state index is 12.3. The Hall–Kier alpha value is -3.06. The number of hydrogen-bond acceptors (Lipinski definition) is 5. The van der Waals surface area contributed by atoms with E-state index >= 15 is 0 Å². The average Bonchev–Trinajstić information content (AvgIpc) is 3.09. The smallest absolute Gasteiger partial charge is 0.284 e. The van der Waals surface area contributed by atoms with Crippen molar-refractivity contribution < 1.29 is 14.4 Å². The Morgan fingerprint density at radius 1 is 1.04 bits per heavy atom. The zero-order valence-corrected chi connectivity index (χ0v) is 12.4. The van der Waals surface area contributed by atoms with Gasteiger partial charge in [0.05, 0.1) is 21.3 Å². The molecule has 0 saturated heterocycles. The molecule has 3 amide bonds. The highest BCUT2D eigenvalue weighted by Crippen LogP contribution is 2.24. The predicted octanol–water partition coefficient (Wildman–Crippen LogP) is 2.43. The number of hydrogen-bond donors (Lipinski definition) is 2. The number of benzene rings is 2. The Bertz CT molecular complexity index is 960. The van der Waals surface area contributed by atoms with Crippen LogP contribution in [0.1, 0.15) is 30.5 Å². The quantitative estimate of drug-likeness (QED) is 0.709. The number of nitrogens with zero attached hydrogens (tertiary/aromatic N) is 1. The second-order valence-electron chi connectivity index (χ2n) is 4.98. The topological polar surface area (TPSA) is 88.2 Å². The average molecular weight is 323 g/mol. The number of thiazole rings is 1. The Labute approximate surface area is 134 Å². The zero-order valence-electron chi connectivity index (χ0n) is 11.6. The van der Waals surface area contributed by atoms with Crippen LogP contribution in [0.5, 0.6) is 0 Å². The van der Waals surface area contributed by atoms with Crippen LogP contribution < -0.4 is 10.6 Å². The summed E-state index contributed by atoms with van der Waals surface area (Å²) < 4.78 is 0.927. The first-order valence-corrected chi connectivity index (χ1v) is 7.60. The standard InChI is InChI=1S/C16H9N3O3S/c20-13-9-6-5-8(7-10(9)14(21)19-13)17-15(22)16-18-11-3-1-2-4-12(11)23-16/h1-7H,(H,17,22)(H,19,20,21). The van der Waals surface area contributed by atoms with Crippen molar-refractivity contribution in [3.8, 4) is 0 Å². The molecule has 0 bridgehead atoms. The molecule has 1 aliphatic rings. The lowest BCUT2D eigenvalue weighted by molar-refractivity contribution is 0.0878. The number of anilines is 1. The van der Waals surface area contributed by atoms with Crippen molar-refractivity contribution in [2.45, 2.75) is 0 Å². The van der Waals surface area contributed by atoms with Crippen LogP contribution >= 0.6 is 11.3 Å². The predicted molar refractivity (Wildman–Crippen MR) is 85.8 cm³/mol. The third kappa shape index (κ3) is 2.27. The van der Waals surface area contributed by atoms with Gasteiger partial charge in [0.2, 0.25) is 0 Å². The van der Waals surface area contributed by atoms with Crippen molar-refractivity contribution >= 4 is 45.0 Å². The number of fused-ring (bicyclic) bond motifs is 2. The van der Waals surface area contributed by atoms with Gasteiger partial charge in [-0.3, -0.25) is 19.7 Å². The third-order valence-corrected chi connectivity index (χ3v) is 4.52. The van der Waals surface area contributed by atoms with E-state index in [1.54, 1.807) is 6.07 Å². The van der Waals surface area contributed by atoms with Crippen LogP contribution in [0.15, 0.2) is 42.5 Å². The van der Waals surface area contributed by atoms with Crippen LogP contribution in [-0.4, -0.2) is 22.7 Å². The van der Waals surface area contributed by atoms with Crippen molar-refractivity contribution in [2.24, 2.45) is 0 Å². The lowest BCUT2D eigenvalue weighted by atomic mass is 10.1. The summed E-state index contributed by atoms with van der Waals surface area (Å²) in [6.45, 7) is 0. The highest BCUT2D eigenvalue weighted by atomic mass is 32.1. The Morgan fingerprint density at radius 3 is 2.65 bits per heavy atom. The number of rotatable bonds is 2. The fraction of sp³-hybridized carbons (Fsp3) is 0. The van der Waals surface area contributed by atoms with Crippen molar-refractivity contribution in [3.63, 3.8) is 0 Å². The second kappa shape index (κ2) is 4.99. The highest BCUT2D eigenvalue weighted by Gasteiger charge is 2.27. The lowest BCUT2D eigenvalue weighted by Gasteiger charge is -2.04. The first-order valence-electron chi connectivity index (χ1n) is 6.78. The van der Waals surface area contributed by atoms with Gasteiger partial charge in [-0.2, -0.15) is 0 Å². The van der Waals surface area contributed by atoms with Gasteiger partial charge < -0.3 is 5.32 Å². The van der Waals surface area contributed by atoms with E-state index in [2.05, 4.69) is 15.6 Å². The number of amides is 3. The number of para-hydroxylation sites is 1. The Balaban J connectivity index is 1.63. The third-order valence-electron chi connectivity index (χ3n) is 3.48. The van der Waals surface area contributed by atoms with Gasteiger partial charge in [0.25, 0.3) is 17.7 Å². The summed E-state index contributed by atoms with van der Waals surface area (Å²) in [5.74, 6) is -1.23. The van der Waals surface area contributed by atoms with Crippen LogP contribution in [0.2, 0.25) is 0 Å². The number of imide groups is 1. The molecule has 7 heteroatoms. The number of aromatic nitrogens is 1. The minimum atomic E-state index is -0.457. The maximum atomic E-state index is 12.3. The maximum Gasteiger partial charge on any atom is 0.284 e. The van der Waals surface area contributed by atoms with E-state index in [9.17, 15) is 14.4 Å². The number of nitrogens with one attached hydrogen (secondary N) is 2. The lowest BCUT2D eigenvalue weighted by Crippen LogP contribution is -2.19. The molecule has 0 radical (unpaired) electrons. The zero-order chi connectivity index (χ0) is 16.0. The van der Waals surface area contributed by atoms with Crippen molar-refractivity contribution in [1.82, 2.24) is 10.3 Å². The van der Waals surface area contributed by atoms with Gasteiger partial charge in [-0.1, -0.05) is 12.1 Å². The van der Waals surface area contributed by atoms with Gasteiger partial charge in [0, 0.05) is 5.69 Å². The molecule has 4 rings (SSSR count). The fourth-order valence-electron chi connectivity index (χ4n) is 2.40. The van der Waals surface area contributed by atoms with E-state index in [4.69, 9.17) is 0 Å². The summed E-state index contributed by atoms with van der Waals surface area (Å²) in [7, 11) is 0. The molecule has 0 spiro atoms. The molecule has 0 unspecified atom stereocenters. The molecule has 2 aromatic carbocycles. The molecule has 0 atom stereocenters. The molecule has 3 aromatic rings. The van der Waals surface area contributed by atoms with Crippen LogP contribution in [0.4, 0.5) is 5.69 Å². The number of carbonyl (C=O) groups excluding carboxylic acids is 3. The SMILES string of the molecule is O=C(Nc1ccc2c(c1)C(=O)NC2=O)c1nc2ccccc2s1. The van der Waals surface area contributed by atoms with Crippen molar-refractivity contribution in [3.05, 3.63) is 58.6 Å². The summed E-state index contributed by atoms with van der Waals surface area (Å²) in [6, 6.07) is 12.1. The normalized spacial score (nSPS) is 13.0. The molecular weight excluding hydrogens is 314 g/mol. The summed E-state index contributed by atoms with van der Waals surface area (Å²) in [5, 5.41) is 5.25. The highest BCUT2D eigenvalue weighted by molar-refractivity contribution is 7.20. The molecular formula is C16H9N3O3S. The van der Waals surface area contributed by atoms with E-state index < -0.39 is 11.8 Å². The molecule has 0 saturated carbocycles. The van der Waals surface area contributed by atoms with Gasteiger partial charge >= 0.3 is 0 Å². The summed E-state index contributed by atoms with van der Waals surface area (Å²) in [6.07, 6.45) is 0. The second-order valence-corrected chi connectivity index (χ2v) is 6.02. The first-order chi connectivity index (χ1) is 11.1. The van der Waals surface area contributed by atoms with E-state index in [0.717, 1.165) is 10.2 Å². The minimum absolute atomic E-state index is 0.261.